The average molecular weight is 299 g/mol. The van der Waals surface area contributed by atoms with Crippen molar-refractivity contribution in [2.24, 2.45) is 17.6 Å². The molecule has 0 unspecified atom stereocenters. The number of ketones is 1. The minimum Gasteiger partial charge on any atom is -0.443 e. The van der Waals surface area contributed by atoms with Gasteiger partial charge in [-0.15, -0.1) is 0 Å². The number of nitrogens with two attached hydrogens (primary N) is 1. The van der Waals surface area contributed by atoms with Crippen molar-refractivity contribution in [1.29, 1.82) is 0 Å². The summed E-state index contributed by atoms with van der Waals surface area (Å²) in [6.07, 6.45) is 4.56. The second-order valence-corrected chi connectivity index (χ2v) is 6.08. The van der Waals surface area contributed by atoms with E-state index < -0.39 is 18.3 Å². The maximum atomic E-state index is 12.3. The molecule has 1 aliphatic carbocycles. The number of primary amides is 1. The third-order valence-corrected chi connectivity index (χ3v) is 4.59. The normalized spacial score (nSPS) is 19.2. The van der Waals surface area contributed by atoms with E-state index >= 15 is 0 Å². The number of rotatable bonds is 8. The molecule has 1 rings (SSSR count). The predicted molar refractivity (Wildman–Crippen MR) is 80.7 cm³/mol. The van der Waals surface area contributed by atoms with Crippen LogP contribution in [0.1, 0.15) is 65.2 Å². The molecule has 2 atom stereocenters. The van der Waals surface area contributed by atoms with Gasteiger partial charge >= 0.3 is 6.09 Å². The van der Waals surface area contributed by atoms with Gasteiger partial charge in [-0.3, -0.25) is 4.79 Å². The van der Waals surface area contributed by atoms with Crippen molar-refractivity contribution in [3.05, 3.63) is 0 Å². The first-order valence-corrected chi connectivity index (χ1v) is 8.17. The molecule has 5 nitrogen and oxygen atoms in total. The van der Waals surface area contributed by atoms with Crippen LogP contribution in [0.3, 0.4) is 0 Å². The van der Waals surface area contributed by atoms with Gasteiger partial charge in [-0.2, -0.15) is 0 Å². The second kappa shape index (κ2) is 9.03. The summed E-state index contributed by atoms with van der Waals surface area (Å²) in [7, 11) is 0. The van der Waals surface area contributed by atoms with Gasteiger partial charge in [-0.25, -0.2) is 4.79 Å². The monoisotopic (exact) mass is 299 g/mol. The Bertz CT molecular complexity index is 335. The van der Waals surface area contributed by atoms with Crippen LogP contribution in [-0.4, -0.2) is 29.2 Å². The lowest BCUT2D eigenvalue weighted by atomic mass is 9.82. The molecule has 122 valence electrons. The summed E-state index contributed by atoms with van der Waals surface area (Å²) in [6.45, 7) is 3.84. The smallest absolute Gasteiger partial charge is 0.404 e. The summed E-state index contributed by atoms with van der Waals surface area (Å²) in [5.41, 5.74) is 5.09. The maximum Gasteiger partial charge on any atom is 0.404 e. The lowest BCUT2D eigenvalue weighted by molar-refractivity contribution is -0.138. The largest absolute Gasteiger partial charge is 0.443 e. The molecule has 5 heteroatoms. The number of carbonyl (C=O) groups is 2. The molecule has 21 heavy (non-hydrogen) atoms. The van der Waals surface area contributed by atoms with Gasteiger partial charge < -0.3 is 15.6 Å². The number of Topliss-reactive ketones (excluding diaryl/α,β-unsaturated/α-hetero) is 1. The van der Waals surface area contributed by atoms with E-state index in [1.165, 1.54) is 6.42 Å². The van der Waals surface area contributed by atoms with Crippen molar-refractivity contribution in [3.63, 3.8) is 0 Å². The Balaban J connectivity index is 2.70. The Kier molecular flexibility index (Phi) is 7.72. The standard InChI is InChI=1S/C16H29NO4/c1-3-12(4-2)14(18)15(19)13(21-16(17)20)10-11-8-6-5-7-9-11/h11-13,15,19H,3-10H2,1-2H3,(H2,17,20)/t13-,15+/m0/s1. The molecule has 0 radical (unpaired) electrons. The van der Waals surface area contributed by atoms with Crippen LogP contribution in [0, 0.1) is 11.8 Å². The van der Waals surface area contributed by atoms with Gasteiger partial charge in [0, 0.05) is 5.92 Å². The van der Waals surface area contributed by atoms with Crippen molar-refractivity contribution in [3.8, 4) is 0 Å². The molecule has 1 saturated carbocycles. The van der Waals surface area contributed by atoms with Crippen LogP contribution in [0.25, 0.3) is 0 Å². The zero-order valence-corrected chi connectivity index (χ0v) is 13.2. The highest BCUT2D eigenvalue weighted by molar-refractivity contribution is 5.86. The van der Waals surface area contributed by atoms with Crippen LogP contribution in [0.5, 0.6) is 0 Å². The van der Waals surface area contributed by atoms with Crippen LogP contribution in [-0.2, 0) is 9.53 Å². The molecule has 0 aromatic rings. The number of amides is 1. The molecule has 1 amide bonds. The number of hydrogen-bond donors (Lipinski definition) is 2. The van der Waals surface area contributed by atoms with E-state index in [1.807, 2.05) is 13.8 Å². The minimum absolute atomic E-state index is 0.190. The van der Waals surface area contributed by atoms with Crippen molar-refractivity contribution in [2.75, 3.05) is 0 Å². The molecule has 0 heterocycles. The molecule has 0 saturated heterocycles. The van der Waals surface area contributed by atoms with Crippen molar-refractivity contribution in [1.82, 2.24) is 0 Å². The fourth-order valence-corrected chi connectivity index (χ4v) is 3.26. The van der Waals surface area contributed by atoms with Crippen molar-refractivity contribution >= 4 is 11.9 Å². The van der Waals surface area contributed by atoms with E-state index in [0.717, 1.165) is 25.7 Å². The van der Waals surface area contributed by atoms with E-state index in [9.17, 15) is 14.7 Å². The number of aliphatic hydroxyl groups excluding tert-OH is 1. The zero-order chi connectivity index (χ0) is 15.8. The molecule has 0 spiro atoms. The van der Waals surface area contributed by atoms with E-state index in [4.69, 9.17) is 10.5 Å². The summed E-state index contributed by atoms with van der Waals surface area (Å²) >= 11 is 0. The number of ether oxygens (including phenoxy) is 1. The topological polar surface area (TPSA) is 89.6 Å². The number of aliphatic hydroxyl groups is 1. The molecule has 0 aliphatic heterocycles. The average Bonchev–Trinajstić information content (AvgIpc) is 2.47. The Hall–Kier alpha value is -1.10. The maximum absolute atomic E-state index is 12.3. The lowest BCUT2D eigenvalue weighted by Crippen LogP contribution is -2.42. The van der Waals surface area contributed by atoms with Gasteiger partial charge in [0.2, 0.25) is 0 Å². The van der Waals surface area contributed by atoms with E-state index in [0.29, 0.717) is 25.2 Å². The molecule has 0 bridgehead atoms. The first kappa shape index (κ1) is 18.0. The Morgan fingerprint density at radius 3 is 2.24 bits per heavy atom. The van der Waals surface area contributed by atoms with E-state index in [1.54, 1.807) is 0 Å². The SMILES string of the molecule is CCC(CC)C(=O)[C@H](O)[C@H](CC1CCCCC1)OC(N)=O. The lowest BCUT2D eigenvalue weighted by Gasteiger charge is -2.29. The molecule has 0 aromatic carbocycles. The van der Waals surface area contributed by atoms with Gasteiger partial charge in [0.1, 0.15) is 12.2 Å². The van der Waals surface area contributed by atoms with Crippen molar-refractivity contribution in [2.45, 2.75) is 77.4 Å². The number of hydrogen-bond acceptors (Lipinski definition) is 4. The summed E-state index contributed by atoms with van der Waals surface area (Å²) in [4.78, 5) is 23.4. The molecular weight excluding hydrogens is 270 g/mol. The fourth-order valence-electron chi connectivity index (χ4n) is 3.26. The molecular formula is C16H29NO4. The van der Waals surface area contributed by atoms with Crippen LogP contribution in [0.4, 0.5) is 4.79 Å². The van der Waals surface area contributed by atoms with Crippen LogP contribution in [0.2, 0.25) is 0 Å². The fraction of sp³-hybridized carbons (Fsp3) is 0.875. The first-order valence-electron chi connectivity index (χ1n) is 8.17. The van der Waals surface area contributed by atoms with Crippen LogP contribution in [0.15, 0.2) is 0 Å². The van der Waals surface area contributed by atoms with Gasteiger partial charge in [0.05, 0.1) is 0 Å². The highest BCUT2D eigenvalue weighted by Crippen LogP contribution is 2.29. The Morgan fingerprint density at radius 2 is 1.76 bits per heavy atom. The predicted octanol–water partition coefficient (Wildman–Crippen LogP) is 2.79. The van der Waals surface area contributed by atoms with Gasteiger partial charge in [-0.1, -0.05) is 46.0 Å². The highest BCUT2D eigenvalue weighted by atomic mass is 16.6. The van der Waals surface area contributed by atoms with Crippen LogP contribution < -0.4 is 5.73 Å². The molecule has 3 N–H and O–H groups in total. The quantitative estimate of drug-likeness (QED) is 0.721. The van der Waals surface area contributed by atoms with E-state index in [-0.39, 0.29) is 11.7 Å². The third-order valence-electron chi connectivity index (χ3n) is 4.59. The number of carbonyl (C=O) groups excluding carboxylic acids is 2. The summed E-state index contributed by atoms with van der Waals surface area (Å²) in [5, 5.41) is 10.3. The Morgan fingerprint density at radius 1 is 1.19 bits per heavy atom. The van der Waals surface area contributed by atoms with Crippen molar-refractivity contribution < 1.29 is 19.4 Å². The van der Waals surface area contributed by atoms with Crippen LogP contribution >= 0.6 is 0 Å². The van der Waals surface area contributed by atoms with Gasteiger partial charge in [-0.05, 0) is 25.2 Å². The molecule has 1 aliphatic rings. The minimum atomic E-state index is -1.26. The summed E-state index contributed by atoms with van der Waals surface area (Å²) in [6, 6.07) is 0. The second-order valence-electron chi connectivity index (χ2n) is 6.08. The third kappa shape index (κ3) is 5.65. The van der Waals surface area contributed by atoms with Gasteiger partial charge in [0.25, 0.3) is 0 Å². The van der Waals surface area contributed by atoms with E-state index in [2.05, 4.69) is 0 Å². The molecule has 0 aromatic heterocycles. The first-order chi connectivity index (χ1) is 9.99. The zero-order valence-electron chi connectivity index (χ0n) is 13.2. The highest BCUT2D eigenvalue weighted by Gasteiger charge is 2.34. The molecule has 1 fully saturated rings. The summed E-state index contributed by atoms with van der Waals surface area (Å²) < 4.78 is 5.04. The summed E-state index contributed by atoms with van der Waals surface area (Å²) in [5.74, 6) is -0.0281. The Labute approximate surface area is 127 Å². The van der Waals surface area contributed by atoms with Gasteiger partial charge in [0.15, 0.2) is 5.78 Å².